The maximum absolute atomic E-state index is 5.96. The van der Waals surface area contributed by atoms with Crippen LogP contribution in [0.2, 0.25) is 0 Å². The minimum atomic E-state index is -0.164. The van der Waals surface area contributed by atoms with Crippen molar-refractivity contribution in [2.24, 2.45) is 5.41 Å². The van der Waals surface area contributed by atoms with Crippen LogP contribution in [0.5, 0.6) is 0 Å². The molecule has 0 radical (unpaired) electrons. The predicted octanol–water partition coefficient (Wildman–Crippen LogP) is 7.38. The number of ether oxygens (including phenoxy) is 2. The van der Waals surface area contributed by atoms with Crippen LogP contribution in [-0.2, 0) is 22.7 Å². The average Bonchev–Trinajstić information content (AvgIpc) is 2.64. The molecule has 0 spiro atoms. The molecule has 0 aliphatic carbocycles. The molecule has 29 heavy (non-hydrogen) atoms. The highest BCUT2D eigenvalue weighted by molar-refractivity contribution is 5.71. The average molecular weight is 393 g/mol. The summed E-state index contributed by atoms with van der Waals surface area (Å²) in [5, 5.41) is 0. The fourth-order valence-corrected chi connectivity index (χ4v) is 2.74. The molecule has 0 saturated carbocycles. The zero-order valence-corrected chi connectivity index (χ0v) is 18.9. The Morgan fingerprint density at radius 1 is 0.828 bits per heavy atom. The number of hydrogen-bond acceptors (Lipinski definition) is 2. The highest BCUT2D eigenvalue weighted by Gasteiger charge is 2.12. The van der Waals surface area contributed by atoms with Gasteiger partial charge in [-0.3, -0.25) is 0 Å². The quantitative estimate of drug-likeness (QED) is 0.436. The Kier molecular flexibility index (Phi) is 8.01. The van der Waals surface area contributed by atoms with Crippen LogP contribution in [0.15, 0.2) is 49.0 Å². The Hall–Kier alpha value is -2.16. The van der Waals surface area contributed by atoms with Crippen molar-refractivity contribution >= 4 is 18.2 Å². The van der Waals surface area contributed by atoms with Crippen LogP contribution in [0.3, 0.4) is 0 Å². The summed E-state index contributed by atoms with van der Waals surface area (Å²) in [6, 6.07) is 14.9. The van der Waals surface area contributed by atoms with Gasteiger partial charge in [0.15, 0.2) is 0 Å². The minimum Gasteiger partial charge on any atom is -0.376 e. The minimum absolute atomic E-state index is 0.164. The summed E-state index contributed by atoms with van der Waals surface area (Å²) in [6.45, 7) is 18.7. The Bertz CT molecular complexity index is 815. The van der Waals surface area contributed by atoms with Gasteiger partial charge in [-0.05, 0) is 60.1 Å². The monoisotopic (exact) mass is 392 g/mol. The van der Waals surface area contributed by atoms with Gasteiger partial charge in [0.25, 0.3) is 0 Å². The van der Waals surface area contributed by atoms with Crippen molar-refractivity contribution in [3.05, 3.63) is 76.9 Å². The molecule has 2 heteroatoms. The van der Waals surface area contributed by atoms with Crippen molar-refractivity contribution in [2.75, 3.05) is 6.61 Å². The molecule has 156 valence electrons. The van der Waals surface area contributed by atoms with Crippen LogP contribution in [0.1, 0.15) is 69.4 Å². The van der Waals surface area contributed by atoms with Gasteiger partial charge in [-0.15, -0.1) is 0 Å². The molecule has 0 heterocycles. The number of hydrogen-bond donors (Lipinski definition) is 0. The molecule has 2 nitrogen and oxygen atoms in total. The van der Waals surface area contributed by atoms with Gasteiger partial charge in [0, 0.05) is 0 Å². The lowest BCUT2D eigenvalue weighted by Gasteiger charge is -2.20. The van der Waals surface area contributed by atoms with Crippen LogP contribution >= 0.6 is 0 Å². The third kappa shape index (κ3) is 8.81. The first-order valence-corrected chi connectivity index (χ1v) is 10.3. The van der Waals surface area contributed by atoms with Crippen molar-refractivity contribution in [2.45, 2.75) is 60.4 Å². The molecule has 0 aliphatic heterocycles. The maximum Gasteiger partial charge on any atom is 0.0730 e. The van der Waals surface area contributed by atoms with E-state index in [1.807, 2.05) is 6.08 Å². The molecular formula is C27H36O2. The van der Waals surface area contributed by atoms with Crippen LogP contribution in [0.25, 0.3) is 18.2 Å². The molecule has 0 amide bonds. The zero-order chi connectivity index (χ0) is 21.5. The van der Waals surface area contributed by atoms with E-state index in [9.17, 15) is 0 Å². The first-order chi connectivity index (χ1) is 13.6. The van der Waals surface area contributed by atoms with E-state index in [4.69, 9.17) is 9.47 Å². The normalized spacial score (nSPS) is 12.5. The summed E-state index contributed by atoms with van der Waals surface area (Å²) in [4.78, 5) is 0. The van der Waals surface area contributed by atoms with Crippen molar-refractivity contribution in [1.82, 2.24) is 0 Å². The van der Waals surface area contributed by atoms with E-state index < -0.39 is 0 Å². The standard InChI is InChI=1S/C27H36O2/c1-8-24-16-15-22(17-25(24)19-29-27(5,6)7)12-9-21-10-13-23(14-11-21)18-28-20-26(2,3)4/h8-17H,1,18-20H2,2-7H3/b12-9+. The lowest BCUT2D eigenvalue weighted by molar-refractivity contribution is -0.0150. The second kappa shape index (κ2) is 10.0. The van der Waals surface area contributed by atoms with Gasteiger partial charge >= 0.3 is 0 Å². The summed E-state index contributed by atoms with van der Waals surface area (Å²) in [5.41, 5.74) is 5.83. The third-order valence-electron chi connectivity index (χ3n) is 4.30. The summed E-state index contributed by atoms with van der Waals surface area (Å²) < 4.78 is 11.8. The fraction of sp³-hybridized carbons (Fsp3) is 0.407. The van der Waals surface area contributed by atoms with Crippen LogP contribution in [0.4, 0.5) is 0 Å². The Balaban J connectivity index is 2.02. The summed E-state index contributed by atoms with van der Waals surface area (Å²) in [5.74, 6) is 0. The van der Waals surface area contributed by atoms with Gasteiger partial charge in [-0.2, -0.15) is 0 Å². The van der Waals surface area contributed by atoms with Crippen LogP contribution < -0.4 is 0 Å². The largest absolute Gasteiger partial charge is 0.376 e. The van der Waals surface area contributed by atoms with Gasteiger partial charge in [0.1, 0.15) is 0 Å². The molecule has 0 bridgehead atoms. The molecule has 2 aromatic carbocycles. The molecular weight excluding hydrogens is 356 g/mol. The van der Waals surface area contributed by atoms with Crippen molar-refractivity contribution < 1.29 is 9.47 Å². The maximum atomic E-state index is 5.96. The highest BCUT2D eigenvalue weighted by atomic mass is 16.5. The molecule has 0 atom stereocenters. The summed E-state index contributed by atoms with van der Waals surface area (Å²) >= 11 is 0. The summed E-state index contributed by atoms with van der Waals surface area (Å²) in [6.07, 6.45) is 6.16. The van der Waals surface area contributed by atoms with Crippen molar-refractivity contribution in [3.63, 3.8) is 0 Å². The molecule has 0 fully saturated rings. The third-order valence-corrected chi connectivity index (χ3v) is 4.30. The topological polar surface area (TPSA) is 18.5 Å². The van der Waals surface area contributed by atoms with E-state index in [-0.39, 0.29) is 11.0 Å². The second-order valence-corrected chi connectivity index (χ2v) is 9.69. The van der Waals surface area contributed by atoms with E-state index in [1.165, 1.54) is 11.1 Å². The molecule has 2 aromatic rings. The Morgan fingerprint density at radius 2 is 1.45 bits per heavy atom. The van der Waals surface area contributed by atoms with E-state index in [1.54, 1.807) is 0 Å². The van der Waals surface area contributed by atoms with Crippen molar-refractivity contribution in [1.29, 1.82) is 0 Å². The van der Waals surface area contributed by atoms with E-state index in [2.05, 4.69) is 103 Å². The lowest BCUT2D eigenvalue weighted by Crippen LogP contribution is -2.19. The molecule has 2 rings (SSSR count). The smallest absolute Gasteiger partial charge is 0.0730 e. The fourth-order valence-electron chi connectivity index (χ4n) is 2.74. The molecule has 0 N–H and O–H groups in total. The number of benzene rings is 2. The molecule has 0 unspecified atom stereocenters. The van der Waals surface area contributed by atoms with E-state index >= 15 is 0 Å². The predicted molar refractivity (Wildman–Crippen MR) is 126 cm³/mol. The second-order valence-electron chi connectivity index (χ2n) is 9.69. The van der Waals surface area contributed by atoms with Crippen LogP contribution in [0, 0.1) is 5.41 Å². The van der Waals surface area contributed by atoms with E-state index in [0.717, 1.165) is 23.3 Å². The zero-order valence-electron chi connectivity index (χ0n) is 18.9. The van der Waals surface area contributed by atoms with Gasteiger partial charge in [-0.25, -0.2) is 0 Å². The van der Waals surface area contributed by atoms with Crippen molar-refractivity contribution in [3.8, 4) is 0 Å². The lowest BCUT2D eigenvalue weighted by atomic mass is 9.99. The van der Waals surface area contributed by atoms with Gasteiger partial charge in [-0.1, -0.05) is 82.0 Å². The highest BCUT2D eigenvalue weighted by Crippen LogP contribution is 2.20. The molecule has 0 aliphatic rings. The van der Waals surface area contributed by atoms with Gasteiger partial charge < -0.3 is 9.47 Å². The first kappa shape index (κ1) is 23.1. The molecule has 0 saturated heterocycles. The SMILES string of the molecule is C=Cc1ccc(/C=C/c2ccc(COCC(C)(C)C)cc2)cc1COC(C)(C)C. The Labute approximate surface area is 177 Å². The van der Waals surface area contributed by atoms with Gasteiger partial charge in [0.05, 0.1) is 25.4 Å². The summed E-state index contributed by atoms with van der Waals surface area (Å²) in [7, 11) is 0. The Morgan fingerprint density at radius 3 is 2.03 bits per heavy atom. The van der Waals surface area contributed by atoms with Crippen LogP contribution in [-0.4, -0.2) is 12.2 Å². The first-order valence-electron chi connectivity index (χ1n) is 10.3. The van der Waals surface area contributed by atoms with E-state index in [0.29, 0.717) is 13.2 Å². The molecule has 0 aromatic heterocycles. The van der Waals surface area contributed by atoms with Gasteiger partial charge in [0.2, 0.25) is 0 Å². The number of rotatable bonds is 8.